The number of aromatic nitrogens is 2. The Balaban J connectivity index is 1.61. The van der Waals surface area contributed by atoms with Gasteiger partial charge in [0.1, 0.15) is 5.69 Å². The zero-order valence-electron chi connectivity index (χ0n) is 19.4. The summed E-state index contributed by atoms with van der Waals surface area (Å²) in [6.07, 6.45) is 0.424. The average molecular weight is 687 g/mol. The molecule has 1 aromatic heterocycles. The van der Waals surface area contributed by atoms with Gasteiger partial charge in [-0.3, -0.25) is 9.35 Å². The largest absolute Gasteiger partial charge is 0.351 e. The summed E-state index contributed by atoms with van der Waals surface area (Å²) in [6.45, 7) is 2.28. The lowest BCUT2D eigenvalue weighted by atomic mass is 10.0. The minimum absolute atomic E-state index is 0.0469. The van der Waals surface area contributed by atoms with Crippen LogP contribution in [0.5, 0.6) is 0 Å². The number of anilines is 2. The third-order valence-electron chi connectivity index (χ3n) is 5.60. The van der Waals surface area contributed by atoms with E-state index in [4.69, 9.17) is 23.2 Å². The van der Waals surface area contributed by atoms with Crippen molar-refractivity contribution in [3.05, 3.63) is 103 Å². The summed E-state index contributed by atoms with van der Waals surface area (Å²) >= 11 is 12.7. The Hall–Kier alpha value is -2.09. The first-order valence-electron chi connectivity index (χ1n) is 11.0. The van der Waals surface area contributed by atoms with Gasteiger partial charge in [0.2, 0.25) is 0 Å². The van der Waals surface area contributed by atoms with Gasteiger partial charge in [-0.25, -0.2) is 8.51 Å². The van der Waals surface area contributed by atoms with Crippen molar-refractivity contribution in [1.82, 2.24) is 14.1 Å². The summed E-state index contributed by atoms with van der Waals surface area (Å²) in [7, 11) is 0. The number of amides is 1. The summed E-state index contributed by atoms with van der Waals surface area (Å²) in [6, 6.07) is 20.1. The molecular weight excluding hydrogens is 666 g/mol. The number of nitrogens with zero attached hydrogens (tertiary/aromatic N) is 3. The van der Waals surface area contributed by atoms with Gasteiger partial charge in [0.05, 0.1) is 33.0 Å². The average Bonchev–Trinajstić information content (AvgIpc) is 3.32. The molecule has 3 aromatic carbocycles. The standard InChI is InChI=1S/C25H21Cl2IN4O3S2/c1-15(17-7-10-20(26)21(27)12-17)14-29-25(33)19-9-8-18(28)13-23(19)32(37(34)35)24-22(30-36-31-24)11-16-5-3-2-4-6-16/h2-10,12-13,15H,11,14H2,1H3,(H,29,33)(H,34,35). The van der Waals surface area contributed by atoms with Gasteiger partial charge < -0.3 is 5.32 Å². The van der Waals surface area contributed by atoms with Crippen LogP contribution in [-0.4, -0.2) is 30.0 Å². The van der Waals surface area contributed by atoms with Gasteiger partial charge in [0.15, 0.2) is 5.82 Å². The van der Waals surface area contributed by atoms with Crippen LogP contribution in [0.4, 0.5) is 11.5 Å². The fourth-order valence-corrected chi connectivity index (χ4v) is 5.67. The molecule has 0 aliphatic carbocycles. The number of carbonyl (C=O) groups is 1. The topological polar surface area (TPSA) is 95.4 Å². The quantitative estimate of drug-likeness (QED) is 0.148. The van der Waals surface area contributed by atoms with Crippen LogP contribution in [0.25, 0.3) is 0 Å². The van der Waals surface area contributed by atoms with E-state index in [2.05, 4.69) is 36.7 Å². The number of rotatable bonds is 9. The summed E-state index contributed by atoms with van der Waals surface area (Å²) in [5.74, 6) is -0.203. The van der Waals surface area contributed by atoms with Gasteiger partial charge in [0, 0.05) is 16.5 Å². The van der Waals surface area contributed by atoms with E-state index in [9.17, 15) is 13.6 Å². The fraction of sp³-hybridized carbons (Fsp3) is 0.160. The lowest BCUT2D eigenvalue weighted by Crippen LogP contribution is -2.30. The van der Waals surface area contributed by atoms with E-state index in [-0.39, 0.29) is 28.9 Å². The van der Waals surface area contributed by atoms with E-state index in [0.717, 1.165) is 30.7 Å². The summed E-state index contributed by atoms with van der Waals surface area (Å²) in [5, 5.41) is 3.84. The summed E-state index contributed by atoms with van der Waals surface area (Å²) in [5.41, 5.74) is 2.95. The monoisotopic (exact) mass is 686 g/mol. The Kier molecular flexibility index (Phi) is 9.54. The highest BCUT2D eigenvalue weighted by Gasteiger charge is 2.27. The van der Waals surface area contributed by atoms with Crippen molar-refractivity contribution in [1.29, 1.82) is 0 Å². The van der Waals surface area contributed by atoms with E-state index in [0.29, 0.717) is 28.7 Å². The first-order chi connectivity index (χ1) is 17.7. The molecule has 2 unspecified atom stereocenters. The number of hydrogen-bond acceptors (Lipinski definition) is 5. The first-order valence-corrected chi connectivity index (χ1v) is 14.7. The van der Waals surface area contributed by atoms with Crippen LogP contribution in [0.2, 0.25) is 10.0 Å². The van der Waals surface area contributed by atoms with Crippen molar-refractivity contribution in [3.63, 3.8) is 0 Å². The fourth-order valence-electron chi connectivity index (χ4n) is 3.67. The molecule has 0 aliphatic rings. The second kappa shape index (κ2) is 12.6. The molecule has 2 N–H and O–H groups in total. The number of halogens is 3. The van der Waals surface area contributed by atoms with Gasteiger partial charge in [-0.2, -0.15) is 8.75 Å². The highest BCUT2D eigenvalue weighted by molar-refractivity contribution is 14.1. The molecule has 1 heterocycles. The molecule has 0 bridgehead atoms. The maximum absolute atomic E-state index is 13.3. The van der Waals surface area contributed by atoms with Crippen LogP contribution in [-0.2, 0) is 17.7 Å². The van der Waals surface area contributed by atoms with Crippen molar-refractivity contribution in [3.8, 4) is 0 Å². The maximum atomic E-state index is 13.3. The van der Waals surface area contributed by atoms with Crippen LogP contribution in [0, 0.1) is 3.57 Å². The third-order valence-corrected chi connectivity index (χ3v) is 8.25. The second-order valence-corrected chi connectivity index (χ2v) is 11.6. The maximum Gasteiger partial charge on any atom is 0.268 e. The van der Waals surface area contributed by atoms with Gasteiger partial charge >= 0.3 is 0 Å². The van der Waals surface area contributed by atoms with E-state index in [1.165, 1.54) is 0 Å². The Bertz CT molecular complexity index is 1440. The van der Waals surface area contributed by atoms with Crippen molar-refractivity contribution in [2.45, 2.75) is 19.3 Å². The SMILES string of the molecule is CC(CNC(=O)c1ccc(I)cc1N(c1nsnc1Cc1ccccc1)S(=O)O)c1ccc(Cl)c(Cl)c1. The number of benzene rings is 3. The molecule has 0 fully saturated rings. The van der Waals surface area contributed by atoms with Crippen LogP contribution >= 0.6 is 57.5 Å². The van der Waals surface area contributed by atoms with Crippen LogP contribution in [0.1, 0.15) is 40.0 Å². The normalized spacial score (nSPS) is 12.7. The molecule has 4 rings (SSSR count). The molecule has 4 aromatic rings. The Morgan fingerprint density at radius 1 is 1.11 bits per heavy atom. The van der Waals surface area contributed by atoms with Gasteiger partial charge in [-0.1, -0.05) is 66.5 Å². The number of nitrogens with one attached hydrogen (secondary N) is 1. The predicted octanol–water partition coefficient (Wildman–Crippen LogP) is 6.85. The van der Waals surface area contributed by atoms with Crippen LogP contribution < -0.4 is 9.62 Å². The number of carbonyl (C=O) groups excluding carboxylic acids is 1. The van der Waals surface area contributed by atoms with Gasteiger partial charge in [-0.05, 0) is 70.0 Å². The van der Waals surface area contributed by atoms with E-state index in [1.807, 2.05) is 43.3 Å². The van der Waals surface area contributed by atoms with Gasteiger partial charge in [-0.15, -0.1) is 0 Å². The molecular formula is C25H21Cl2IN4O3S2. The lowest BCUT2D eigenvalue weighted by molar-refractivity contribution is 0.0952. The molecule has 12 heteroatoms. The smallest absolute Gasteiger partial charge is 0.268 e. The highest BCUT2D eigenvalue weighted by atomic mass is 127. The van der Waals surface area contributed by atoms with Crippen LogP contribution in [0.3, 0.4) is 0 Å². The molecule has 2 atom stereocenters. The van der Waals surface area contributed by atoms with Crippen molar-refractivity contribution in [2.24, 2.45) is 0 Å². The molecule has 0 spiro atoms. The lowest BCUT2D eigenvalue weighted by Gasteiger charge is -2.22. The van der Waals surface area contributed by atoms with E-state index < -0.39 is 11.3 Å². The molecule has 0 saturated heterocycles. The zero-order valence-corrected chi connectivity index (χ0v) is 24.7. The zero-order chi connectivity index (χ0) is 26.5. The minimum Gasteiger partial charge on any atom is -0.351 e. The Labute approximate surface area is 245 Å². The van der Waals surface area contributed by atoms with Crippen molar-refractivity contribution < 1.29 is 13.6 Å². The molecule has 0 saturated carbocycles. The predicted molar refractivity (Wildman–Crippen MR) is 158 cm³/mol. The summed E-state index contributed by atoms with van der Waals surface area (Å²) in [4.78, 5) is 13.3. The molecule has 0 radical (unpaired) electrons. The molecule has 7 nitrogen and oxygen atoms in total. The Morgan fingerprint density at radius 3 is 2.57 bits per heavy atom. The molecule has 0 aliphatic heterocycles. The second-order valence-electron chi connectivity index (χ2n) is 8.17. The summed E-state index contributed by atoms with van der Waals surface area (Å²) < 4.78 is 33.5. The van der Waals surface area contributed by atoms with E-state index in [1.54, 1.807) is 30.3 Å². The highest BCUT2D eigenvalue weighted by Crippen LogP contribution is 2.34. The first kappa shape index (κ1) is 27.9. The van der Waals surface area contributed by atoms with Crippen molar-refractivity contribution >= 4 is 86.2 Å². The van der Waals surface area contributed by atoms with Gasteiger partial charge in [0.25, 0.3) is 17.2 Å². The third kappa shape index (κ3) is 6.87. The number of hydrogen-bond donors (Lipinski definition) is 2. The Morgan fingerprint density at radius 2 is 1.86 bits per heavy atom. The van der Waals surface area contributed by atoms with Crippen molar-refractivity contribution in [2.75, 3.05) is 10.8 Å². The molecule has 37 heavy (non-hydrogen) atoms. The van der Waals surface area contributed by atoms with Crippen LogP contribution in [0.15, 0.2) is 66.7 Å². The molecule has 192 valence electrons. The molecule has 1 amide bonds. The minimum atomic E-state index is -2.51. The van der Waals surface area contributed by atoms with E-state index >= 15 is 0 Å².